The summed E-state index contributed by atoms with van der Waals surface area (Å²) in [5.41, 5.74) is 0. The van der Waals surface area contributed by atoms with Crippen LogP contribution in [-0.2, 0) is 11.3 Å². The molecule has 0 radical (unpaired) electrons. The number of piperidine rings is 1. The molecule has 2 N–H and O–H groups in total. The molecule has 1 aliphatic heterocycles. The summed E-state index contributed by atoms with van der Waals surface area (Å²) in [6.07, 6.45) is 6.31. The topological polar surface area (TPSA) is 87.5 Å². The normalized spacial score (nSPS) is 17.8. The minimum atomic E-state index is -0.765. The number of nitrogens with zero attached hydrogens (tertiary/aromatic N) is 3. The number of amides is 2. The van der Waals surface area contributed by atoms with Gasteiger partial charge in [-0.3, -0.25) is 4.79 Å². The predicted molar refractivity (Wildman–Crippen MR) is 72.2 cm³/mol. The third-order valence-electron chi connectivity index (χ3n) is 3.55. The Hall–Kier alpha value is -2.05. The smallest absolute Gasteiger partial charge is 0.317 e. The molecule has 0 aliphatic carbocycles. The fourth-order valence-electron chi connectivity index (χ4n) is 2.39. The van der Waals surface area contributed by atoms with Crippen LogP contribution in [0, 0.1) is 5.92 Å². The molecule has 1 saturated heterocycles. The minimum absolute atomic E-state index is 0.00565. The van der Waals surface area contributed by atoms with Gasteiger partial charge in [0.05, 0.1) is 12.2 Å². The molecule has 0 spiro atoms. The van der Waals surface area contributed by atoms with E-state index >= 15 is 0 Å². The Morgan fingerprint density at radius 1 is 1.45 bits per heavy atom. The van der Waals surface area contributed by atoms with Gasteiger partial charge in [-0.25, -0.2) is 9.78 Å². The summed E-state index contributed by atoms with van der Waals surface area (Å²) in [4.78, 5) is 28.6. The number of hydrogen-bond acceptors (Lipinski definition) is 3. The van der Waals surface area contributed by atoms with Gasteiger partial charge in [0.1, 0.15) is 0 Å². The van der Waals surface area contributed by atoms with Crippen LogP contribution in [0.5, 0.6) is 0 Å². The fourth-order valence-corrected chi connectivity index (χ4v) is 2.39. The van der Waals surface area contributed by atoms with E-state index < -0.39 is 5.97 Å². The second kappa shape index (κ2) is 6.40. The zero-order valence-corrected chi connectivity index (χ0v) is 11.5. The first-order chi connectivity index (χ1) is 9.56. The second-order valence-corrected chi connectivity index (χ2v) is 5.21. The number of carbonyl (C=O) groups is 2. The average Bonchev–Trinajstić information content (AvgIpc) is 2.91. The van der Waals surface area contributed by atoms with E-state index in [4.69, 9.17) is 5.11 Å². The summed E-state index contributed by atoms with van der Waals surface area (Å²) in [5, 5.41) is 11.8. The number of aromatic nitrogens is 2. The molecule has 1 aromatic rings. The summed E-state index contributed by atoms with van der Waals surface area (Å²) < 4.78 is 1.90. The van der Waals surface area contributed by atoms with Crippen LogP contribution in [-0.4, -0.2) is 50.7 Å². The number of carboxylic acids is 1. The highest BCUT2D eigenvalue weighted by Gasteiger charge is 2.27. The first-order valence-corrected chi connectivity index (χ1v) is 6.80. The third kappa shape index (κ3) is 3.72. The van der Waals surface area contributed by atoms with Crippen molar-refractivity contribution in [3.05, 3.63) is 18.7 Å². The molecule has 1 aliphatic rings. The molecule has 1 aromatic heterocycles. The van der Waals surface area contributed by atoms with E-state index in [9.17, 15) is 9.59 Å². The summed E-state index contributed by atoms with van der Waals surface area (Å²) in [7, 11) is 0. The Kier molecular flexibility index (Phi) is 4.60. The Morgan fingerprint density at radius 3 is 2.70 bits per heavy atom. The lowest BCUT2D eigenvalue weighted by atomic mass is 9.97. The van der Waals surface area contributed by atoms with Gasteiger partial charge < -0.3 is 19.9 Å². The largest absolute Gasteiger partial charge is 0.481 e. The molecule has 1 unspecified atom stereocenters. The van der Waals surface area contributed by atoms with Crippen molar-refractivity contribution in [2.75, 3.05) is 13.1 Å². The molecular formula is C13H20N4O3. The molecule has 2 amide bonds. The molecule has 7 heteroatoms. The number of hydrogen-bond donors (Lipinski definition) is 2. The number of aliphatic carboxylic acids is 1. The van der Waals surface area contributed by atoms with Crippen molar-refractivity contribution >= 4 is 12.0 Å². The Labute approximate surface area is 117 Å². The number of carboxylic acid groups (broad SMARTS) is 1. The highest BCUT2D eigenvalue weighted by molar-refractivity contribution is 5.75. The molecule has 1 fully saturated rings. The molecule has 110 valence electrons. The minimum Gasteiger partial charge on any atom is -0.481 e. The van der Waals surface area contributed by atoms with Crippen LogP contribution in [0.25, 0.3) is 0 Å². The van der Waals surface area contributed by atoms with E-state index in [-0.39, 0.29) is 18.0 Å². The molecule has 1 atom stereocenters. The van der Waals surface area contributed by atoms with E-state index in [1.165, 1.54) is 0 Å². The van der Waals surface area contributed by atoms with E-state index in [0.29, 0.717) is 32.5 Å². The van der Waals surface area contributed by atoms with Gasteiger partial charge in [-0.05, 0) is 19.8 Å². The maximum Gasteiger partial charge on any atom is 0.317 e. The van der Waals surface area contributed by atoms with E-state index in [1.54, 1.807) is 17.4 Å². The second-order valence-electron chi connectivity index (χ2n) is 5.21. The van der Waals surface area contributed by atoms with Crippen LogP contribution in [0.4, 0.5) is 4.79 Å². The summed E-state index contributed by atoms with van der Waals surface area (Å²) in [6.45, 7) is 3.60. The SMILES string of the molecule is CC(Cn1ccnc1)NC(=O)N1CCC(C(=O)O)CC1. The lowest BCUT2D eigenvalue weighted by Crippen LogP contribution is -2.48. The first-order valence-electron chi connectivity index (χ1n) is 6.80. The van der Waals surface area contributed by atoms with Gasteiger partial charge in [-0.15, -0.1) is 0 Å². The summed E-state index contributed by atoms with van der Waals surface area (Å²) >= 11 is 0. The van der Waals surface area contributed by atoms with Crippen molar-refractivity contribution in [1.29, 1.82) is 0 Å². The maximum atomic E-state index is 12.1. The Bertz CT molecular complexity index is 452. The van der Waals surface area contributed by atoms with Gasteiger partial charge in [-0.1, -0.05) is 0 Å². The van der Waals surface area contributed by atoms with Gasteiger partial charge in [0.15, 0.2) is 0 Å². The number of rotatable bonds is 4. The first kappa shape index (κ1) is 14.4. The number of imidazole rings is 1. The van der Waals surface area contributed by atoms with E-state index in [1.807, 2.05) is 17.7 Å². The standard InChI is InChI=1S/C13H20N4O3/c1-10(8-16-7-4-14-9-16)15-13(20)17-5-2-11(3-6-17)12(18)19/h4,7,9-11H,2-3,5-6,8H2,1H3,(H,15,20)(H,18,19). The average molecular weight is 280 g/mol. The van der Waals surface area contributed by atoms with Crippen molar-refractivity contribution in [2.45, 2.75) is 32.4 Å². The van der Waals surface area contributed by atoms with Crippen LogP contribution < -0.4 is 5.32 Å². The van der Waals surface area contributed by atoms with Crippen molar-refractivity contribution < 1.29 is 14.7 Å². The van der Waals surface area contributed by atoms with Crippen LogP contribution in [0.3, 0.4) is 0 Å². The lowest BCUT2D eigenvalue weighted by Gasteiger charge is -2.31. The number of likely N-dealkylation sites (tertiary alicyclic amines) is 1. The van der Waals surface area contributed by atoms with Crippen molar-refractivity contribution in [3.8, 4) is 0 Å². The fraction of sp³-hybridized carbons (Fsp3) is 0.615. The van der Waals surface area contributed by atoms with Crippen LogP contribution >= 0.6 is 0 Å². The van der Waals surface area contributed by atoms with Crippen molar-refractivity contribution in [2.24, 2.45) is 5.92 Å². The quantitative estimate of drug-likeness (QED) is 0.853. The zero-order chi connectivity index (χ0) is 14.5. The van der Waals surface area contributed by atoms with Gasteiger partial charge >= 0.3 is 12.0 Å². The molecule has 20 heavy (non-hydrogen) atoms. The summed E-state index contributed by atoms with van der Waals surface area (Å²) in [5.74, 6) is -1.08. The number of nitrogens with one attached hydrogen (secondary N) is 1. The third-order valence-corrected chi connectivity index (χ3v) is 3.55. The lowest BCUT2D eigenvalue weighted by molar-refractivity contribution is -0.143. The number of urea groups is 1. The molecule has 0 aromatic carbocycles. The van der Waals surface area contributed by atoms with Gasteiger partial charge in [0.2, 0.25) is 0 Å². The highest BCUT2D eigenvalue weighted by Crippen LogP contribution is 2.17. The maximum absolute atomic E-state index is 12.1. The van der Waals surface area contributed by atoms with Gasteiger partial charge in [0.25, 0.3) is 0 Å². The molecule has 0 saturated carbocycles. The molecule has 2 rings (SSSR count). The van der Waals surface area contributed by atoms with Gasteiger partial charge in [-0.2, -0.15) is 0 Å². The van der Waals surface area contributed by atoms with E-state index in [2.05, 4.69) is 10.3 Å². The van der Waals surface area contributed by atoms with Crippen LogP contribution in [0.15, 0.2) is 18.7 Å². The van der Waals surface area contributed by atoms with Gasteiger partial charge in [0, 0.05) is 38.1 Å². The molecule has 2 heterocycles. The zero-order valence-electron chi connectivity index (χ0n) is 11.5. The van der Waals surface area contributed by atoms with E-state index in [0.717, 1.165) is 0 Å². The van der Waals surface area contributed by atoms with Crippen molar-refractivity contribution in [1.82, 2.24) is 19.8 Å². The summed E-state index contributed by atoms with van der Waals surface area (Å²) in [6, 6.07) is -0.129. The highest BCUT2D eigenvalue weighted by atomic mass is 16.4. The Morgan fingerprint density at radius 2 is 2.15 bits per heavy atom. The Balaban J connectivity index is 1.76. The number of carbonyl (C=O) groups excluding carboxylic acids is 1. The van der Waals surface area contributed by atoms with Crippen LogP contribution in [0.2, 0.25) is 0 Å². The van der Waals surface area contributed by atoms with Crippen LogP contribution in [0.1, 0.15) is 19.8 Å². The predicted octanol–water partition coefficient (Wildman–Crippen LogP) is 0.778. The molecular weight excluding hydrogens is 260 g/mol. The molecule has 0 bridgehead atoms. The van der Waals surface area contributed by atoms with Crippen molar-refractivity contribution in [3.63, 3.8) is 0 Å². The molecule has 7 nitrogen and oxygen atoms in total. The monoisotopic (exact) mass is 280 g/mol.